The van der Waals surface area contributed by atoms with Gasteiger partial charge in [0, 0.05) is 29.7 Å². The molecule has 3 nitrogen and oxygen atoms in total. The predicted octanol–water partition coefficient (Wildman–Crippen LogP) is 2.84. The van der Waals surface area contributed by atoms with Gasteiger partial charge < -0.3 is 4.98 Å². The second kappa shape index (κ2) is 4.32. The van der Waals surface area contributed by atoms with Crippen LogP contribution in [0.15, 0.2) is 24.8 Å². The van der Waals surface area contributed by atoms with Crippen molar-refractivity contribution in [1.29, 1.82) is 0 Å². The Bertz CT molecular complexity index is 502. The van der Waals surface area contributed by atoms with Crippen molar-refractivity contribution in [2.75, 3.05) is 0 Å². The van der Waals surface area contributed by atoms with E-state index in [2.05, 4.69) is 27.9 Å². The first kappa shape index (κ1) is 10.5. The lowest BCUT2D eigenvalue weighted by molar-refractivity contribution is 0.655. The smallest absolute Gasteiger partial charge is 0.0921 e. The highest BCUT2D eigenvalue weighted by Crippen LogP contribution is 2.30. The quantitative estimate of drug-likeness (QED) is 0.857. The van der Waals surface area contributed by atoms with Gasteiger partial charge in [0.25, 0.3) is 0 Å². The molecule has 1 N–H and O–H groups in total. The van der Waals surface area contributed by atoms with Crippen molar-refractivity contribution in [2.24, 2.45) is 0 Å². The van der Waals surface area contributed by atoms with Gasteiger partial charge >= 0.3 is 0 Å². The van der Waals surface area contributed by atoms with Gasteiger partial charge in [0.1, 0.15) is 0 Å². The fourth-order valence-electron chi connectivity index (χ4n) is 2.73. The van der Waals surface area contributed by atoms with Crippen LogP contribution in [0.5, 0.6) is 0 Å². The minimum atomic E-state index is 0.382. The molecule has 3 rings (SSSR count). The highest BCUT2D eigenvalue weighted by Gasteiger charge is 2.19. The Balaban J connectivity index is 2.03. The van der Waals surface area contributed by atoms with Gasteiger partial charge in [0.05, 0.1) is 6.33 Å². The molecule has 0 aliphatic heterocycles. The summed E-state index contributed by atoms with van der Waals surface area (Å²) < 4.78 is 0. The number of aromatic nitrogens is 3. The largest absolute Gasteiger partial charge is 0.348 e. The summed E-state index contributed by atoms with van der Waals surface area (Å²) in [6, 6.07) is 2.16. The Kier molecular flexibility index (Phi) is 2.67. The number of hydrogen-bond donors (Lipinski definition) is 1. The van der Waals surface area contributed by atoms with Crippen molar-refractivity contribution in [3.05, 3.63) is 47.3 Å². The molecule has 0 fully saturated rings. The SMILES string of the molecule is CC(c1cnc[nH]1)c1ccnc2c1CCCC2. The zero-order chi connectivity index (χ0) is 11.7. The van der Waals surface area contributed by atoms with Crippen molar-refractivity contribution in [3.63, 3.8) is 0 Å². The molecule has 0 radical (unpaired) electrons. The van der Waals surface area contributed by atoms with Crippen LogP contribution in [0.4, 0.5) is 0 Å². The summed E-state index contributed by atoms with van der Waals surface area (Å²) in [5.74, 6) is 0.382. The molecule has 0 saturated heterocycles. The van der Waals surface area contributed by atoms with Crippen LogP contribution in [0.3, 0.4) is 0 Å². The van der Waals surface area contributed by atoms with Crippen molar-refractivity contribution < 1.29 is 0 Å². The van der Waals surface area contributed by atoms with E-state index >= 15 is 0 Å². The molecule has 0 aromatic carbocycles. The first-order valence-corrected chi connectivity index (χ1v) is 6.31. The molecule has 0 spiro atoms. The van der Waals surface area contributed by atoms with Crippen LogP contribution in [0.2, 0.25) is 0 Å². The maximum Gasteiger partial charge on any atom is 0.0921 e. The zero-order valence-corrected chi connectivity index (χ0v) is 10.1. The van der Waals surface area contributed by atoms with E-state index < -0.39 is 0 Å². The maximum atomic E-state index is 4.52. The van der Waals surface area contributed by atoms with E-state index in [-0.39, 0.29) is 0 Å². The Morgan fingerprint density at radius 1 is 1.29 bits per heavy atom. The molecule has 88 valence electrons. The third-order valence-electron chi connectivity index (χ3n) is 3.72. The molecular formula is C14H17N3. The number of H-pyrrole nitrogens is 1. The molecule has 0 amide bonds. The van der Waals surface area contributed by atoms with Crippen LogP contribution in [-0.2, 0) is 12.8 Å². The van der Waals surface area contributed by atoms with Crippen molar-refractivity contribution in [2.45, 2.75) is 38.5 Å². The van der Waals surface area contributed by atoms with Crippen LogP contribution in [0, 0.1) is 0 Å². The second-order valence-electron chi connectivity index (χ2n) is 4.76. The normalized spacial score (nSPS) is 16.5. The molecule has 3 heteroatoms. The minimum Gasteiger partial charge on any atom is -0.348 e. The second-order valence-corrected chi connectivity index (χ2v) is 4.76. The van der Waals surface area contributed by atoms with Gasteiger partial charge in [0.2, 0.25) is 0 Å². The Labute approximate surface area is 101 Å². The van der Waals surface area contributed by atoms with Crippen molar-refractivity contribution in [3.8, 4) is 0 Å². The number of nitrogens with zero attached hydrogens (tertiary/aromatic N) is 2. The molecular weight excluding hydrogens is 210 g/mol. The Morgan fingerprint density at radius 2 is 2.18 bits per heavy atom. The number of pyridine rings is 1. The number of hydrogen-bond acceptors (Lipinski definition) is 2. The first-order valence-electron chi connectivity index (χ1n) is 6.31. The van der Waals surface area contributed by atoms with Gasteiger partial charge in [-0.05, 0) is 42.9 Å². The maximum absolute atomic E-state index is 4.52. The van der Waals surface area contributed by atoms with Gasteiger partial charge in [-0.1, -0.05) is 6.92 Å². The number of rotatable bonds is 2. The molecule has 0 bridgehead atoms. The van der Waals surface area contributed by atoms with Gasteiger partial charge in [-0.15, -0.1) is 0 Å². The van der Waals surface area contributed by atoms with Crippen LogP contribution >= 0.6 is 0 Å². The molecule has 1 aliphatic rings. The summed E-state index contributed by atoms with van der Waals surface area (Å²) in [7, 11) is 0. The number of aromatic amines is 1. The predicted molar refractivity (Wildman–Crippen MR) is 67.0 cm³/mol. The van der Waals surface area contributed by atoms with Crippen molar-refractivity contribution >= 4 is 0 Å². The van der Waals surface area contributed by atoms with E-state index in [0.29, 0.717) is 5.92 Å². The lowest BCUT2D eigenvalue weighted by atomic mass is 9.86. The molecule has 1 unspecified atom stereocenters. The molecule has 1 aliphatic carbocycles. The lowest BCUT2D eigenvalue weighted by Crippen LogP contribution is -2.11. The van der Waals surface area contributed by atoms with Gasteiger partial charge in [-0.25, -0.2) is 4.98 Å². The average Bonchev–Trinajstić information content (AvgIpc) is 2.91. The minimum absolute atomic E-state index is 0.382. The van der Waals surface area contributed by atoms with Gasteiger partial charge in [0.15, 0.2) is 0 Å². The molecule has 1 atom stereocenters. The van der Waals surface area contributed by atoms with Crippen LogP contribution in [-0.4, -0.2) is 15.0 Å². The third kappa shape index (κ3) is 1.86. The molecule has 2 aromatic rings. The summed E-state index contributed by atoms with van der Waals surface area (Å²) in [6.45, 7) is 2.23. The standard InChI is InChI=1S/C14H17N3/c1-10(14-8-15-9-17-14)11-6-7-16-13-5-3-2-4-12(11)13/h6-10H,2-5H2,1H3,(H,15,17). The first-order chi connectivity index (χ1) is 8.36. The van der Waals surface area contributed by atoms with Crippen LogP contribution in [0.25, 0.3) is 0 Å². The lowest BCUT2D eigenvalue weighted by Gasteiger charge is -2.21. The molecule has 2 aromatic heterocycles. The highest BCUT2D eigenvalue weighted by atomic mass is 14.9. The highest BCUT2D eigenvalue weighted by molar-refractivity contribution is 5.37. The van der Waals surface area contributed by atoms with Crippen LogP contribution < -0.4 is 0 Å². The van der Waals surface area contributed by atoms with E-state index in [1.807, 2.05) is 12.4 Å². The number of nitrogens with one attached hydrogen (secondary N) is 1. The van der Waals surface area contributed by atoms with E-state index in [4.69, 9.17) is 0 Å². The number of aryl methyl sites for hydroxylation is 1. The van der Waals surface area contributed by atoms with Crippen molar-refractivity contribution in [1.82, 2.24) is 15.0 Å². The van der Waals surface area contributed by atoms with E-state index in [9.17, 15) is 0 Å². The van der Waals surface area contributed by atoms with Gasteiger partial charge in [-0.3, -0.25) is 4.98 Å². The van der Waals surface area contributed by atoms with Crippen LogP contribution in [0.1, 0.15) is 48.2 Å². The molecule has 2 heterocycles. The van der Waals surface area contributed by atoms with E-state index in [1.54, 1.807) is 6.33 Å². The summed E-state index contributed by atoms with van der Waals surface area (Å²) in [6.07, 6.45) is 10.5. The number of fused-ring (bicyclic) bond motifs is 1. The third-order valence-corrected chi connectivity index (χ3v) is 3.72. The summed E-state index contributed by atoms with van der Waals surface area (Å²) in [4.78, 5) is 11.8. The average molecular weight is 227 g/mol. The fraction of sp³-hybridized carbons (Fsp3) is 0.429. The summed E-state index contributed by atoms with van der Waals surface area (Å²) >= 11 is 0. The zero-order valence-electron chi connectivity index (χ0n) is 10.1. The fourth-order valence-corrected chi connectivity index (χ4v) is 2.73. The molecule has 0 saturated carbocycles. The topological polar surface area (TPSA) is 41.6 Å². The monoisotopic (exact) mass is 227 g/mol. The van der Waals surface area contributed by atoms with E-state index in [0.717, 1.165) is 6.42 Å². The van der Waals surface area contributed by atoms with E-state index in [1.165, 1.54) is 41.8 Å². The Morgan fingerprint density at radius 3 is 3.00 bits per heavy atom. The Hall–Kier alpha value is -1.64. The summed E-state index contributed by atoms with van der Waals surface area (Å²) in [5, 5.41) is 0. The van der Waals surface area contributed by atoms with Gasteiger partial charge in [-0.2, -0.15) is 0 Å². The summed E-state index contributed by atoms with van der Waals surface area (Å²) in [5.41, 5.74) is 5.38. The molecule has 17 heavy (non-hydrogen) atoms. The number of imidazole rings is 1.